The monoisotopic (exact) mass is 154 g/mol. The number of nitrogens with two attached hydrogens (primary N) is 1. The highest BCUT2D eigenvalue weighted by Gasteiger charge is 2.41. The molecule has 1 fully saturated rings. The van der Waals surface area contributed by atoms with E-state index in [0.717, 1.165) is 0 Å². The summed E-state index contributed by atoms with van der Waals surface area (Å²) in [5.74, 6) is -0.707. The van der Waals surface area contributed by atoms with Gasteiger partial charge in [0.1, 0.15) is 5.54 Å². The van der Waals surface area contributed by atoms with Crippen molar-refractivity contribution in [1.82, 2.24) is 5.32 Å². The van der Waals surface area contributed by atoms with Gasteiger partial charge < -0.3 is 5.73 Å². The number of rotatable bonds is 2. The van der Waals surface area contributed by atoms with Crippen molar-refractivity contribution in [3.05, 3.63) is 12.7 Å². The normalized spacial score (nSPS) is 30.3. The van der Waals surface area contributed by atoms with Crippen molar-refractivity contribution in [2.24, 2.45) is 5.73 Å². The summed E-state index contributed by atoms with van der Waals surface area (Å²) in [5, 5.41) is 2.14. The SMILES string of the molecule is C=CCC1(N)CC(=O)NC1=O. The molecule has 0 aromatic heterocycles. The Kier molecular flexibility index (Phi) is 1.78. The molecule has 1 aliphatic rings. The topological polar surface area (TPSA) is 72.2 Å². The first-order valence-electron chi connectivity index (χ1n) is 3.32. The molecule has 4 nitrogen and oxygen atoms in total. The summed E-state index contributed by atoms with van der Waals surface area (Å²) in [5.41, 5.74) is 4.56. The highest BCUT2D eigenvalue weighted by atomic mass is 16.2. The van der Waals surface area contributed by atoms with Gasteiger partial charge in [-0.2, -0.15) is 0 Å². The second-order valence-corrected chi connectivity index (χ2v) is 2.70. The Morgan fingerprint density at radius 2 is 2.36 bits per heavy atom. The number of hydrogen-bond acceptors (Lipinski definition) is 3. The standard InChI is InChI=1S/C7H10N2O2/c1-2-3-7(8)4-5(10)9-6(7)11/h2H,1,3-4,8H2,(H,9,10,11). The molecule has 0 aliphatic carbocycles. The first kappa shape index (κ1) is 7.94. The molecule has 11 heavy (non-hydrogen) atoms. The average molecular weight is 154 g/mol. The van der Waals surface area contributed by atoms with Crippen LogP contribution in [0.2, 0.25) is 0 Å². The Labute approximate surface area is 64.4 Å². The third-order valence-electron chi connectivity index (χ3n) is 1.69. The van der Waals surface area contributed by atoms with E-state index < -0.39 is 11.4 Å². The Morgan fingerprint density at radius 3 is 2.73 bits per heavy atom. The average Bonchev–Trinajstić information content (AvgIpc) is 2.08. The molecule has 0 bridgehead atoms. The minimum atomic E-state index is -1.04. The Morgan fingerprint density at radius 1 is 1.73 bits per heavy atom. The first-order chi connectivity index (χ1) is 5.08. The van der Waals surface area contributed by atoms with E-state index in [1.54, 1.807) is 0 Å². The molecule has 0 aromatic rings. The molecular weight excluding hydrogens is 144 g/mol. The van der Waals surface area contributed by atoms with Crippen molar-refractivity contribution in [3.63, 3.8) is 0 Å². The van der Waals surface area contributed by atoms with Crippen LogP contribution in [0.5, 0.6) is 0 Å². The minimum absolute atomic E-state index is 0.0673. The lowest BCUT2D eigenvalue weighted by atomic mass is 9.95. The largest absolute Gasteiger partial charge is 0.317 e. The number of carbonyl (C=O) groups is 2. The smallest absolute Gasteiger partial charge is 0.247 e. The fraction of sp³-hybridized carbons (Fsp3) is 0.429. The van der Waals surface area contributed by atoms with Crippen LogP contribution in [-0.4, -0.2) is 17.4 Å². The lowest BCUT2D eigenvalue weighted by Gasteiger charge is -2.15. The summed E-state index contributed by atoms with van der Waals surface area (Å²) in [7, 11) is 0. The molecule has 60 valence electrons. The summed E-state index contributed by atoms with van der Waals surface area (Å²) in [6.45, 7) is 3.46. The van der Waals surface area contributed by atoms with Crippen molar-refractivity contribution in [1.29, 1.82) is 0 Å². The van der Waals surface area contributed by atoms with Crippen molar-refractivity contribution in [3.8, 4) is 0 Å². The molecule has 0 spiro atoms. The van der Waals surface area contributed by atoms with E-state index in [1.807, 2.05) is 0 Å². The van der Waals surface area contributed by atoms with Crippen LogP contribution in [-0.2, 0) is 9.59 Å². The van der Waals surface area contributed by atoms with Crippen LogP contribution < -0.4 is 11.1 Å². The maximum absolute atomic E-state index is 11.0. The van der Waals surface area contributed by atoms with Gasteiger partial charge in [-0.3, -0.25) is 14.9 Å². The van der Waals surface area contributed by atoms with Crippen LogP contribution in [0.1, 0.15) is 12.8 Å². The van der Waals surface area contributed by atoms with Crippen LogP contribution in [0.4, 0.5) is 0 Å². The maximum atomic E-state index is 11.0. The van der Waals surface area contributed by atoms with E-state index in [2.05, 4.69) is 11.9 Å². The van der Waals surface area contributed by atoms with E-state index >= 15 is 0 Å². The number of imide groups is 1. The molecule has 1 saturated heterocycles. The molecule has 4 heteroatoms. The Bertz CT molecular complexity index is 224. The first-order valence-corrected chi connectivity index (χ1v) is 3.32. The van der Waals surface area contributed by atoms with E-state index in [9.17, 15) is 9.59 Å². The Hall–Kier alpha value is -1.16. The number of carbonyl (C=O) groups excluding carboxylic acids is 2. The van der Waals surface area contributed by atoms with Gasteiger partial charge in [0.25, 0.3) is 0 Å². The number of amides is 2. The van der Waals surface area contributed by atoms with Gasteiger partial charge >= 0.3 is 0 Å². The van der Waals surface area contributed by atoms with Gasteiger partial charge in [-0.05, 0) is 6.42 Å². The maximum Gasteiger partial charge on any atom is 0.247 e. The molecule has 1 unspecified atom stereocenters. The number of hydrogen-bond donors (Lipinski definition) is 2. The van der Waals surface area contributed by atoms with E-state index in [4.69, 9.17) is 5.73 Å². The molecule has 0 saturated carbocycles. The van der Waals surface area contributed by atoms with Gasteiger partial charge in [0.05, 0.1) is 6.42 Å². The van der Waals surface area contributed by atoms with Crippen LogP contribution in [0, 0.1) is 0 Å². The minimum Gasteiger partial charge on any atom is -0.317 e. The van der Waals surface area contributed by atoms with Crippen molar-refractivity contribution in [2.45, 2.75) is 18.4 Å². The van der Waals surface area contributed by atoms with Crippen LogP contribution >= 0.6 is 0 Å². The quantitative estimate of drug-likeness (QED) is 0.408. The molecule has 1 rings (SSSR count). The fourth-order valence-corrected chi connectivity index (χ4v) is 1.08. The fourth-order valence-electron chi connectivity index (χ4n) is 1.08. The van der Waals surface area contributed by atoms with Crippen molar-refractivity contribution in [2.75, 3.05) is 0 Å². The third kappa shape index (κ3) is 1.30. The van der Waals surface area contributed by atoms with Crippen LogP contribution in [0.15, 0.2) is 12.7 Å². The van der Waals surface area contributed by atoms with Crippen molar-refractivity contribution < 1.29 is 9.59 Å². The van der Waals surface area contributed by atoms with Gasteiger partial charge in [0.15, 0.2) is 0 Å². The highest BCUT2D eigenvalue weighted by Crippen LogP contribution is 2.17. The van der Waals surface area contributed by atoms with E-state index in [-0.39, 0.29) is 12.3 Å². The predicted octanol–water partition coefficient (Wildman–Crippen LogP) is -0.694. The zero-order valence-corrected chi connectivity index (χ0v) is 6.09. The predicted molar refractivity (Wildman–Crippen MR) is 39.5 cm³/mol. The summed E-state index contributed by atoms with van der Waals surface area (Å²) in [4.78, 5) is 21.7. The summed E-state index contributed by atoms with van der Waals surface area (Å²) >= 11 is 0. The summed E-state index contributed by atoms with van der Waals surface area (Å²) in [6, 6.07) is 0. The molecule has 1 aliphatic heterocycles. The second-order valence-electron chi connectivity index (χ2n) is 2.70. The van der Waals surface area contributed by atoms with E-state index in [1.165, 1.54) is 6.08 Å². The second kappa shape index (κ2) is 2.47. The van der Waals surface area contributed by atoms with Gasteiger partial charge in [0, 0.05) is 0 Å². The third-order valence-corrected chi connectivity index (χ3v) is 1.69. The molecule has 0 radical (unpaired) electrons. The molecule has 0 aromatic carbocycles. The molecular formula is C7H10N2O2. The molecule has 2 amide bonds. The zero-order chi connectivity index (χ0) is 8.48. The lowest BCUT2D eigenvalue weighted by molar-refractivity contribution is -0.126. The highest BCUT2D eigenvalue weighted by molar-refractivity contribution is 6.08. The Balaban J connectivity index is 2.78. The lowest BCUT2D eigenvalue weighted by Crippen LogP contribution is -2.46. The van der Waals surface area contributed by atoms with Gasteiger partial charge in [-0.25, -0.2) is 0 Å². The summed E-state index contributed by atoms with van der Waals surface area (Å²) < 4.78 is 0. The molecule has 1 heterocycles. The summed E-state index contributed by atoms with van der Waals surface area (Å²) in [6.07, 6.45) is 1.95. The molecule has 3 N–H and O–H groups in total. The molecule has 1 atom stereocenters. The van der Waals surface area contributed by atoms with Gasteiger partial charge in [-0.15, -0.1) is 6.58 Å². The van der Waals surface area contributed by atoms with Crippen molar-refractivity contribution >= 4 is 11.8 Å². The zero-order valence-electron chi connectivity index (χ0n) is 6.09. The van der Waals surface area contributed by atoms with Gasteiger partial charge in [0.2, 0.25) is 11.8 Å². The van der Waals surface area contributed by atoms with Crippen LogP contribution in [0.25, 0.3) is 0 Å². The van der Waals surface area contributed by atoms with E-state index in [0.29, 0.717) is 6.42 Å². The van der Waals surface area contributed by atoms with Gasteiger partial charge in [-0.1, -0.05) is 6.08 Å². The number of nitrogens with one attached hydrogen (secondary N) is 1. The van der Waals surface area contributed by atoms with Crippen LogP contribution in [0.3, 0.4) is 0 Å².